The van der Waals surface area contributed by atoms with Crippen LogP contribution in [0.15, 0.2) is 72.8 Å². The smallest absolute Gasteiger partial charge is 0.251 e. The fraction of sp³-hybridized carbons (Fsp3) is 0.167. The molecule has 1 aliphatic heterocycles. The van der Waals surface area contributed by atoms with Crippen LogP contribution in [-0.4, -0.2) is 22.1 Å². The summed E-state index contributed by atoms with van der Waals surface area (Å²) < 4.78 is 7.80. The highest BCUT2D eigenvalue weighted by atomic mass is 16.5. The second-order valence-corrected chi connectivity index (χ2v) is 7.23. The molecule has 0 saturated carbocycles. The highest BCUT2D eigenvalue weighted by Gasteiger charge is 2.23. The number of aryl methyl sites for hydroxylation is 1. The number of aromatic nitrogens is 2. The Kier molecular flexibility index (Phi) is 4.28. The number of imidazole rings is 1. The van der Waals surface area contributed by atoms with E-state index in [1.807, 2.05) is 67.6 Å². The highest BCUT2D eigenvalue weighted by molar-refractivity contribution is 5.98. The van der Waals surface area contributed by atoms with Crippen LogP contribution in [0.1, 0.15) is 34.2 Å². The molecule has 0 radical (unpaired) electrons. The van der Waals surface area contributed by atoms with Crippen molar-refractivity contribution in [1.82, 2.24) is 14.9 Å². The molecule has 1 amide bonds. The minimum atomic E-state index is -0.0967. The van der Waals surface area contributed by atoms with Crippen molar-refractivity contribution in [2.45, 2.75) is 19.4 Å². The molecule has 5 nitrogen and oxygen atoms in total. The van der Waals surface area contributed by atoms with E-state index in [0.717, 1.165) is 40.3 Å². The van der Waals surface area contributed by atoms with Crippen LogP contribution in [0.3, 0.4) is 0 Å². The zero-order chi connectivity index (χ0) is 19.8. The third kappa shape index (κ3) is 3.14. The molecule has 1 unspecified atom stereocenters. The number of carbonyl (C=O) groups is 1. The molecule has 3 aromatic carbocycles. The van der Waals surface area contributed by atoms with Gasteiger partial charge in [0.25, 0.3) is 5.91 Å². The van der Waals surface area contributed by atoms with Crippen molar-refractivity contribution in [3.05, 3.63) is 89.7 Å². The van der Waals surface area contributed by atoms with Gasteiger partial charge in [0, 0.05) is 23.2 Å². The van der Waals surface area contributed by atoms with Crippen molar-refractivity contribution in [1.29, 1.82) is 0 Å². The van der Waals surface area contributed by atoms with E-state index >= 15 is 0 Å². The average Bonchev–Trinajstić information content (AvgIpc) is 3.09. The topological polar surface area (TPSA) is 56.1 Å². The third-order valence-corrected chi connectivity index (χ3v) is 5.36. The Labute approximate surface area is 169 Å². The quantitative estimate of drug-likeness (QED) is 0.563. The Morgan fingerprint density at radius 2 is 1.86 bits per heavy atom. The number of nitrogens with one attached hydrogen (secondary N) is 1. The van der Waals surface area contributed by atoms with Gasteiger partial charge >= 0.3 is 0 Å². The standard InChI is InChI=1S/C24H21N3O2/c1-16-25-21-15-17(11-12-22(21)27(16)18-7-3-2-4-8-18)24(28)26-20-13-14-29-23-10-6-5-9-19(20)23/h2-12,15,20H,13-14H2,1H3,(H,26,28). The number of benzene rings is 3. The Morgan fingerprint density at radius 1 is 1.07 bits per heavy atom. The molecule has 0 fully saturated rings. The van der Waals surface area contributed by atoms with E-state index in [2.05, 4.69) is 27.0 Å². The highest BCUT2D eigenvalue weighted by Crippen LogP contribution is 2.32. The number of hydrogen-bond acceptors (Lipinski definition) is 3. The summed E-state index contributed by atoms with van der Waals surface area (Å²) in [5, 5.41) is 3.16. The summed E-state index contributed by atoms with van der Waals surface area (Å²) >= 11 is 0. The number of carbonyl (C=O) groups excluding carboxylic acids is 1. The molecule has 2 heterocycles. The van der Waals surface area contributed by atoms with Crippen LogP contribution >= 0.6 is 0 Å². The number of hydrogen-bond donors (Lipinski definition) is 1. The van der Waals surface area contributed by atoms with Gasteiger partial charge in [-0.15, -0.1) is 0 Å². The first-order valence-electron chi connectivity index (χ1n) is 9.78. The maximum atomic E-state index is 12.9. The van der Waals surface area contributed by atoms with E-state index in [-0.39, 0.29) is 11.9 Å². The van der Waals surface area contributed by atoms with E-state index in [9.17, 15) is 4.79 Å². The molecule has 1 N–H and O–H groups in total. The lowest BCUT2D eigenvalue weighted by molar-refractivity contribution is 0.0925. The summed E-state index contributed by atoms with van der Waals surface area (Å²) in [6, 6.07) is 23.6. The zero-order valence-corrected chi connectivity index (χ0v) is 16.1. The predicted molar refractivity (Wildman–Crippen MR) is 113 cm³/mol. The first-order chi connectivity index (χ1) is 14.2. The van der Waals surface area contributed by atoms with Gasteiger partial charge in [0.1, 0.15) is 11.6 Å². The largest absolute Gasteiger partial charge is 0.493 e. The molecule has 144 valence electrons. The van der Waals surface area contributed by atoms with Gasteiger partial charge < -0.3 is 10.1 Å². The predicted octanol–water partition coefficient (Wildman–Crippen LogP) is 4.59. The minimum absolute atomic E-state index is 0.0493. The molecule has 0 bridgehead atoms. The molecule has 4 aromatic rings. The number of amides is 1. The summed E-state index contributed by atoms with van der Waals surface area (Å²) in [7, 11) is 0. The van der Waals surface area contributed by atoms with Crippen LogP contribution < -0.4 is 10.1 Å². The second kappa shape index (κ2) is 7.09. The van der Waals surface area contributed by atoms with Gasteiger partial charge in [0.2, 0.25) is 0 Å². The van der Waals surface area contributed by atoms with Crippen molar-refractivity contribution >= 4 is 16.9 Å². The van der Waals surface area contributed by atoms with Crippen LogP contribution in [0.4, 0.5) is 0 Å². The molecule has 1 aromatic heterocycles. The van der Waals surface area contributed by atoms with Crippen LogP contribution in [0.25, 0.3) is 16.7 Å². The Morgan fingerprint density at radius 3 is 2.72 bits per heavy atom. The maximum absolute atomic E-state index is 12.9. The summed E-state index contributed by atoms with van der Waals surface area (Å²) in [4.78, 5) is 17.6. The molecular weight excluding hydrogens is 362 g/mol. The molecule has 5 rings (SSSR count). The van der Waals surface area contributed by atoms with Crippen LogP contribution in [-0.2, 0) is 0 Å². The minimum Gasteiger partial charge on any atom is -0.493 e. The van der Waals surface area contributed by atoms with Crippen molar-refractivity contribution in [2.75, 3.05) is 6.61 Å². The lowest BCUT2D eigenvalue weighted by atomic mass is 10.00. The molecular formula is C24H21N3O2. The monoisotopic (exact) mass is 383 g/mol. The fourth-order valence-corrected chi connectivity index (χ4v) is 3.98. The van der Waals surface area contributed by atoms with E-state index in [4.69, 9.17) is 4.74 Å². The van der Waals surface area contributed by atoms with E-state index in [1.165, 1.54) is 0 Å². The summed E-state index contributed by atoms with van der Waals surface area (Å²) in [6.45, 7) is 2.58. The third-order valence-electron chi connectivity index (χ3n) is 5.36. The SMILES string of the molecule is Cc1nc2cc(C(=O)NC3CCOc4ccccc43)ccc2n1-c1ccccc1. The number of rotatable bonds is 3. The van der Waals surface area contributed by atoms with Crippen LogP contribution in [0, 0.1) is 6.92 Å². The lowest BCUT2D eigenvalue weighted by Gasteiger charge is -2.26. The van der Waals surface area contributed by atoms with Gasteiger partial charge in [0.15, 0.2) is 0 Å². The van der Waals surface area contributed by atoms with Crippen LogP contribution in [0.2, 0.25) is 0 Å². The van der Waals surface area contributed by atoms with Gasteiger partial charge in [-0.3, -0.25) is 9.36 Å². The van der Waals surface area contributed by atoms with Gasteiger partial charge in [-0.2, -0.15) is 0 Å². The van der Waals surface area contributed by atoms with E-state index in [0.29, 0.717) is 12.2 Å². The summed E-state index contributed by atoms with van der Waals surface area (Å²) in [5.41, 5.74) is 4.49. The molecule has 29 heavy (non-hydrogen) atoms. The summed E-state index contributed by atoms with van der Waals surface area (Å²) in [5.74, 6) is 1.64. The maximum Gasteiger partial charge on any atom is 0.251 e. The zero-order valence-electron chi connectivity index (χ0n) is 16.1. The fourth-order valence-electron chi connectivity index (χ4n) is 3.98. The number of nitrogens with zero attached hydrogens (tertiary/aromatic N) is 2. The van der Waals surface area contributed by atoms with Crippen molar-refractivity contribution in [2.24, 2.45) is 0 Å². The molecule has 0 saturated heterocycles. The molecule has 0 spiro atoms. The van der Waals surface area contributed by atoms with Crippen molar-refractivity contribution in [3.63, 3.8) is 0 Å². The Bertz CT molecular complexity index is 1200. The Balaban J connectivity index is 1.45. The van der Waals surface area contributed by atoms with Gasteiger partial charge in [-0.1, -0.05) is 36.4 Å². The first kappa shape index (κ1) is 17.5. The van der Waals surface area contributed by atoms with E-state index in [1.54, 1.807) is 0 Å². The van der Waals surface area contributed by atoms with E-state index < -0.39 is 0 Å². The number of fused-ring (bicyclic) bond motifs is 2. The van der Waals surface area contributed by atoms with Crippen molar-refractivity contribution in [3.8, 4) is 11.4 Å². The van der Waals surface area contributed by atoms with Gasteiger partial charge in [0.05, 0.1) is 23.7 Å². The summed E-state index contributed by atoms with van der Waals surface area (Å²) in [6.07, 6.45) is 0.757. The molecule has 0 aliphatic carbocycles. The number of para-hydroxylation sites is 2. The average molecular weight is 383 g/mol. The Hall–Kier alpha value is -3.60. The molecule has 5 heteroatoms. The van der Waals surface area contributed by atoms with Gasteiger partial charge in [-0.25, -0.2) is 4.98 Å². The lowest BCUT2D eigenvalue weighted by Crippen LogP contribution is -2.32. The molecule has 1 aliphatic rings. The molecule has 1 atom stereocenters. The normalized spacial score (nSPS) is 15.6. The second-order valence-electron chi connectivity index (χ2n) is 7.23. The van der Waals surface area contributed by atoms with Gasteiger partial charge in [-0.05, 0) is 43.3 Å². The number of ether oxygens (including phenoxy) is 1. The first-order valence-corrected chi connectivity index (χ1v) is 9.78. The van der Waals surface area contributed by atoms with Crippen molar-refractivity contribution < 1.29 is 9.53 Å². The van der Waals surface area contributed by atoms with Crippen LogP contribution in [0.5, 0.6) is 5.75 Å².